The van der Waals surface area contributed by atoms with E-state index in [1.54, 1.807) is 23.6 Å². The Morgan fingerprint density at radius 1 is 1.05 bits per heavy atom. The van der Waals surface area contributed by atoms with E-state index < -0.39 is 6.04 Å². The highest BCUT2D eigenvalue weighted by Crippen LogP contribution is 2.40. The molecule has 0 saturated heterocycles. The topological polar surface area (TPSA) is 90.3 Å². The lowest BCUT2D eigenvalue weighted by Crippen LogP contribution is -2.31. The van der Waals surface area contributed by atoms with Crippen LogP contribution in [0.3, 0.4) is 0 Å². The molecule has 5 rings (SSSR count). The zero-order valence-corrected chi connectivity index (χ0v) is 23.9. The van der Waals surface area contributed by atoms with Gasteiger partial charge in [0.05, 0.1) is 19.3 Å². The largest absolute Gasteiger partial charge is 0.493 e. The minimum atomic E-state index is -0.521. The molecule has 1 aliphatic rings. The number of carbonyl (C=O) groups is 1. The van der Waals surface area contributed by atoms with Crippen LogP contribution in [-0.4, -0.2) is 40.1 Å². The van der Waals surface area contributed by atoms with Crippen LogP contribution < -0.4 is 20.1 Å². The number of thioether (sulfide) groups is 1. The molecule has 9 heteroatoms. The molecule has 0 bridgehead atoms. The monoisotopic (exact) mass is 555 g/mol. The number of allylic oxidation sites excluding steroid dienone is 1. The van der Waals surface area contributed by atoms with Crippen molar-refractivity contribution in [3.8, 4) is 11.5 Å². The van der Waals surface area contributed by atoms with Gasteiger partial charge in [0.2, 0.25) is 11.1 Å². The fourth-order valence-electron chi connectivity index (χ4n) is 4.74. The number of carbonyl (C=O) groups excluding carboxylic acids is 1. The van der Waals surface area contributed by atoms with Gasteiger partial charge in [-0.05, 0) is 60.6 Å². The molecule has 3 aromatic carbocycles. The van der Waals surface area contributed by atoms with E-state index >= 15 is 0 Å². The van der Waals surface area contributed by atoms with Gasteiger partial charge in [0.1, 0.15) is 6.04 Å². The van der Waals surface area contributed by atoms with E-state index in [1.165, 1.54) is 5.56 Å². The summed E-state index contributed by atoms with van der Waals surface area (Å²) in [5.41, 5.74) is 5.10. The zero-order chi connectivity index (χ0) is 28.1. The van der Waals surface area contributed by atoms with Gasteiger partial charge in [0.15, 0.2) is 11.5 Å². The lowest BCUT2D eigenvalue weighted by Gasteiger charge is -2.29. The molecule has 1 aromatic heterocycles. The van der Waals surface area contributed by atoms with Crippen molar-refractivity contribution in [1.82, 2.24) is 14.8 Å². The number of hydrogen-bond donors (Lipinski definition) is 2. The molecular formula is C31H33N5O3S. The molecule has 1 aliphatic heterocycles. The molecule has 0 radical (unpaired) electrons. The second-order valence-electron chi connectivity index (χ2n) is 9.48. The van der Waals surface area contributed by atoms with Gasteiger partial charge in [-0.2, -0.15) is 4.98 Å². The van der Waals surface area contributed by atoms with Gasteiger partial charge < -0.3 is 20.1 Å². The molecule has 1 unspecified atom stereocenters. The number of rotatable bonds is 10. The smallest absolute Gasteiger partial charge is 0.255 e. The lowest BCUT2D eigenvalue weighted by atomic mass is 9.94. The molecular weight excluding hydrogens is 522 g/mol. The predicted octanol–water partition coefficient (Wildman–Crippen LogP) is 6.26. The number of amides is 1. The number of ether oxygens (including phenoxy) is 2. The number of hydrogen-bond acceptors (Lipinski definition) is 7. The molecule has 2 N–H and O–H groups in total. The summed E-state index contributed by atoms with van der Waals surface area (Å²) in [7, 11) is 1.62. The SMILES string of the molecule is CCSc1nc2n(n1)C(c1ccc(OCCc3ccccc3)c(OC)c1)C(C(=O)Nc1cccc(C)c1)=C(C)N2. The van der Waals surface area contributed by atoms with Crippen molar-refractivity contribution < 1.29 is 14.3 Å². The van der Waals surface area contributed by atoms with E-state index in [0.29, 0.717) is 40.5 Å². The summed E-state index contributed by atoms with van der Waals surface area (Å²) in [5.74, 6) is 2.44. The van der Waals surface area contributed by atoms with Crippen molar-refractivity contribution >= 4 is 29.3 Å². The molecule has 0 spiro atoms. The molecule has 1 atom stereocenters. The van der Waals surface area contributed by atoms with Crippen LogP contribution in [0.5, 0.6) is 11.5 Å². The van der Waals surface area contributed by atoms with E-state index in [0.717, 1.165) is 29.0 Å². The minimum Gasteiger partial charge on any atom is -0.493 e. The van der Waals surface area contributed by atoms with Gasteiger partial charge in [-0.15, -0.1) is 5.10 Å². The second-order valence-corrected chi connectivity index (χ2v) is 10.7. The molecule has 206 valence electrons. The van der Waals surface area contributed by atoms with Gasteiger partial charge in [0.25, 0.3) is 5.91 Å². The van der Waals surface area contributed by atoms with Crippen molar-refractivity contribution in [2.75, 3.05) is 30.1 Å². The maximum absolute atomic E-state index is 13.8. The average Bonchev–Trinajstić information content (AvgIpc) is 3.35. The maximum atomic E-state index is 13.8. The summed E-state index contributed by atoms with van der Waals surface area (Å²) in [6.45, 7) is 6.46. The van der Waals surface area contributed by atoms with Crippen LogP contribution in [0.1, 0.15) is 36.6 Å². The first kappa shape index (κ1) is 27.3. The number of aromatic nitrogens is 3. The van der Waals surface area contributed by atoms with Crippen molar-refractivity contribution in [3.05, 3.63) is 101 Å². The molecule has 4 aromatic rings. The number of anilines is 2. The number of nitrogens with zero attached hydrogens (tertiary/aromatic N) is 3. The van der Waals surface area contributed by atoms with E-state index in [4.69, 9.17) is 14.6 Å². The number of methoxy groups -OCH3 is 1. The first-order valence-corrected chi connectivity index (χ1v) is 14.2. The van der Waals surface area contributed by atoms with Crippen LogP contribution in [-0.2, 0) is 11.2 Å². The summed E-state index contributed by atoms with van der Waals surface area (Å²) < 4.78 is 13.6. The van der Waals surface area contributed by atoms with Crippen molar-refractivity contribution in [2.24, 2.45) is 0 Å². The van der Waals surface area contributed by atoms with Crippen molar-refractivity contribution in [2.45, 2.75) is 38.4 Å². The van der Waals surface area contributed by atoms with Crippen LogP contribution in [0.4, 0.5) is 11.6 Å². The third-order valence-electron chi connectivity index (χ3n) is 6.62. The van der Waals surface area contributed by atoms with Crippen LogP contribution in [0, 0.1) is 6.92 Å². The Morgan fingerprint density at radius 3 is 2.62 bits per heavy atom. The van der Waals surface area contributed by atoms with Gasteiger partial charge >= 0.3 is 0 Å². The minimum absolute atomic E-state index is 0.214. The van der Waals surface area contributed by atoms with Crippen molar-refractivity contribution in [1.29, 1.82) is 0 Å². The van der Waals surface area contributed by atoms with Gasteiger partial charge in [-0.3, -0.25) is 4.79 Å². The first-order chi connectivity index (χ1) is 19.5. The van der Waals surface area contributed by atoms with Gasteiger partial charge in [0, 0.05) is 17.8 Å². The summed E-state index contributed by atoms with van der Waals surface area (Å²) in [5, 5.41) is 11.8. The van der Waals surface area contributed by atoms with Crippen LogP contribution in [0.15, 0.2) is 89.2 Å². The Labute approximate surface area is 238 Å². The van der Waals surface area contributed by atoms with Gasteiger partial charge in [-0.1, -0.05) is 67.2 Å². The fourth-order valence-corrected chi connectivity index (χ4v) is 5.30. The summed E-state index contributed by atoms with van der Waals surface area (Å²) in [6.07, 6.45) is 0.783. The molecule has 1 amide bonds. The Morgan fingerprint density at radius 2 is 1.88 bits per heavy atom. The highest BCUT2D eigenvalue weighted by molar-refractivity contribution is 7.99. The van der Waals surface area contributed by atoms with E-state index in [-0.39, 0.29) is 5.91 Å². The van der Waals surface area contributed by atoms with Crippen molar-refractivity contribution in [3.63, 3.8) is 0 Å². The molecule has 2 heterocycles. The number of aryl methyl sites for hydroxylation is 1. The summed E-state index contributed by atoms with van der Waals surface area (Å²) in [4.78, 5) is 18.4. The first-order valence-electron chi connectivity index (χ1n) is 13.3. The molecule has 0 saturated carbocycles. The Bertz CT molecular complexity index is 1530. The molecule has 8 nitrogen and oxygen atoms in total. The Kier molecular flexibility index (Phi) is 8.40. The van der Waals surface area contributed by atoms with Gasteiger partial charge in [-0.25, -0.2) is 4.68 Å². The standard InChI is InChI=1S/C31H33N5O3S/c1-5-40-31-34-30-32-21(3)27(29(37)33-24-13-9-10-20(2)18-24)28(36(30)35-31)23-14-15-25(26(19-23)38-4)39-17-16-22-11-7-6-8-12-22/h6-15,18-19,28H,5,16-17H2,1-4H3,(H,33,37)(H,32,34,35). The van der Waals surface area contributed by atoms with Crippen LogP contribution in [0.25, 0.3) is 0 Å². The normalized spacial score (nSPS) is 14.3. The number of fused-ring (bicyclic) bond motifs is 1. The zero-order valence-electron chi connectivity index (χ0n) is 23.1. The third kappa shape index (κ3) is 5.99. The fraction of sp³-hybridized carbons (Fsp3) is 0.258. The van der Waals surface area contributed by atoms with E-state index in [9.17, 15) is 4.79 Å². The number of benzene rings is 3. The van der Waals surface area contributed by atoms with Crippen LogP contribution >= 0.6 is 11.8 Å². The van der Waals surface area contributed by atoms with E-state index in [2.05, 4.69) is 34.7 Å². The highest BCUT2D eigenvalue weighted by Gasteiger charge is 2.35. The predicted molar refractivity (Wildman–Crippen MR) is 159 cm³/mol. The highest BCUT2D eigenvalue weighted by atomic mass is 32.2. The summed E-state index contributed by atoms with van der Waals surface area (Å²) in [6, 6.07) is 23.2. The molecule has 0 aliphatic carbocycles. The molecule has 0 fully saturated rings. The maximum Gasteiger partial charge on any atom is 0.255 e. The lowest BCUT2D eigenvalue weighted by molar-refractivity contribution is -0.113. The second kappa shape index (κ2) is 12.3. The number of nitrogens with one attached hydrogen (secondary N) is 2. The Balaban J connectivity index is 1.48. The summed E-state index contributed by atoms with van der Waals surface area (Å²) >= 11 is 1.55. The van der Waals surface area contributed by atoms with Crippen LogP contribution in [0.2, 0.25) is 0 Å². The molecule has 40 heavy (non-hydrogen) atoms. The Hall–Kier alpha value is -4.24. The van der Waals surface area contributed by atoms with E-state index in [1.807, 2.05) is 74.5 Å². The third-order valence-corrected chi connectivity index (χ3v) is 7.34. The average molecular weight is 556 g/mol. The quantitative estimate of drug-likeness (QED) is 0.223.